The minimum absolute atomic E-state index is 0.243. The summed E-state index contributed by atoms with van der Waals surface area (Å²) in [6.07, 6.45) is 5.34. The Morgan fingerprint density at radius 2 is 1.93 bits per heavy atom. The lowest BCUT2D eigenvalue weighted by atomic mass is 9.98. The summed E-state index contributed by atoms with van der Waals surface area (Å²) in [6.45, 7) is 1.95. The van der Waals surface area contributed by atoms with Crippen LogP contribution in [0.3, 0.4) is 0 Å². The van der Waals surface area contributed by atoms with Crippen molar-refractivity contribution in [1.29, 1.82) is 0 Å². The van der Waals surface area contributed by atoms with Gasteiger partial charge >= 0.3 is 0 Å². The number of hydrogen-bond acceptors (Lipinski definition) is 5. The lowest BCUT2D eigenvalue weighted by Gasteiger charge is -2.19. The van der Waals surface area contributed by atoms with E-state index in [0.29, 0.717) is 17.4 Å². The third kappa shape index (κ3) is 3.88. The van der Waals surface area contributed by atoms with Crippen LogP contribution >= 0.6 is 0 Å². The Hall–Kier alpha value is -3.06. The van der Waals surface area contributed by atoms with Gasteiger partial charge in [-0.15, -0.1) is 0 Å². The van der Waals surface area contributed by atoms with Crippen LogP contribution in [-0.4, -0.2) is 38.7 Å². The zero-order valence-electron chi connectivity index (χ0n) is 15.2. The molecule has 0 aliphatic carbocycles. The minimum atomic E-state index is -0.243. The molecule has 3 heterocycles. The van der Waals surface area contributed by atoms with Gasteiger partial charge in [-0.05, 0) is 37.6 Å². The maximum atomic E-state index is 12.7. The predicted octanol–water partition coefficient (Wildman–Crippen LogP) is 2.60. The number of nitrogens with one attached hydrogen (secondary N) is 2. The van der Waals surface area contributed by atoms with E-state index < -0.39 is 0 Å². The predicted molar refractivity (Wildman–Crippen MR) is 103 cm³/mol. The summed E-state index contributed by atoms with van der Waals surface area (Å²) in [5.41, 5.74) is 2.41. The number of benzene rings is 1. The zero-order chi connectivity index (χ0) is 18.6. The van der Waals surface area contributed by atoms with E-state index >= 15 is 0 Å². The molecule has 4 rings (SSSR count). The van der Waals surface area contributed by atoms with Gasteiger partial charge < -0.3 is 5.32 Å². The second kappa shape index (κ2) is 7.67. The quantitative estimate of drug-likeness (QED) is 0.745. The van der Waals surface area contributed by atoms with Crippen molar-refractivity contribution in [1.82, 2.24) is 25.1 Å². The van der Waals surface area contributed by atoms with Crippen LogP contribution in [0.25, 0.3) is 11.1 Å². The van der Waals surface area contributed by atoms with Crippen LogP contribution in [0.1, 0.15) is 34.9 Å². The van der Waals surface area contributed by atoms with Gasteiger partial charge in [-0.2, -0.15) is 10.1 Å². The van der Waals surface area contributed by atoms with Crippen molar-refractivity contribution in [2.45, 2.75) is 18.8 Å². The number of anilines is 1. The molecule has 27 heavy (non-hydrogen) atoms. The molecule has 2 aromatic heterocycles. The summed E-state index contributed by atoms with van der Waals surface area (Å²) in [5, 5.41) is 10.7. The number of carbonyl (C=O) groups is 1. The molecular weight excluding hydrogens is 340 g/mol. The Labute approximate surface area is 157 Å². The largest absolute Gasteiger partial charge is 0.317 e. The fourth-order valence-electron chi connectivity index (χ4n) is 3.29. The summed E-state index contributed by atoms with van der Waals surface area (Å²) in [5.74, 6) is 1.35. The number of piperidine rings is 1. The molecule has 2 N–H and O–H groups in total. The first-order valence-corrected chi connectivity index (χ1v) is 9.14. The summed E-state index contributed by atoms with van der Waals surface area (Å²) >= 11 is 0. The molecule has 1 saturated heterocycles. The lowest BCUT2D eigenvalue weighted by molar-refractivity contribution is 0.102. The van der Waals surface area contributed by atoms with Crippen molar-refractivity contribution in [3.05, 3.63) is 60.2 Å². The zero-order valence-corrected chi connectivity index (χ0v) is 15.2. The first-order chi connectivity index (χ1) is 13.2. The topological polar surface area (TPSA) is 84.7 Å². The fourth-order valence-corrected chi connectivity index (χ4v) is 3.29. The van der Waals surface area contributed by atoms with Gasteiger partial charge in [0.1, 0.15) is 0 Å². The van der Waals surface area contributed by atoms with E-state index in [2.05, 4.69) is 25.7 Å². The monoisotopic (exact) mass is 362 g/mol. The molecular formula is C20H22N6O. The van der Waals surface area contributed by atoms with Gasteiger partial charge in [0.05, 0.1) is 5.56 Å². The Balaban J connectivity index is 1.52. The smallest absolute Gasteiger partial charge is 0.259 e. The van der Waals surface area contributed by atoms with Crippen LogP contribution in [0.15, 0.2) is 48.8 Å². The first-order valence-electron chi connectivity index (χ1n) is 9.14. The molecule has 0 radical (unpaired) electrons. The van der Waals surface area contributed by atoms with E-state index in [1.54, 1.807) is 24.1 Å². The van der Waals surface area contributed by atoms with Crippen molar-refractivity contribution >= 4 is 11.9 Å². The van der Waals surface area contributed by atoms with E-state index in [1.807, 2.05) is 36.4 Å². The highest BCUT2D eigenvalue weighted by Crippen LogP contribution is 2.24. The van der Waals surface area contributed by atoms with Crippen LogP contribution in [0.4, 0.5) is 5.95 Å². The highest BCUT2D eigenvalue weighted by Gasteiger charge is 2.21. The number of aryl methyl sites for hydroxylation is 1. The third-order valence-electron chi connectivity index (χ3n) is 4.82. The van der Waals surface area contributed by atoms with Gasteiger partial charge in [-0.3, -0.25) is 15.1 Å². The normalized spacial score (nSPS) is 14.9. The van der Waals surface area contributed by atoms with E-state index in [0.717, 1.165) is 42.9 Å². The third-order valence-corrected chi connectivity index (χ3v) is 4.82. The van der Waals surface area contributed by atoms with Crippen molar-refractivity contribution in [2.75, 3.05) is 18.4 Å². The lowest BCUT2D eigenvalue weighted by Crippen LogP contribution is -2.27. The molecule has 138 valence electrons. The molecule has 0 bridgehead atoms. The molecule has 1 aromatic carbocycles. The van der Waals surface area contributed by atoms with Crippen molar-refractivity contribution < 1.29 is 4.79 Å². The van der Waals surface area contributed by atoms with Crippen LogP contribution < -0.4 is 10.6 Å². The van der Waals surface area contributed by atoms with Crippen LogP contribution in [0.2, 0.25) is 0 Å². The molecule has 1 aliphatic heterocycles. The van der Waals surface area contributed by atoms with Gasteiger partial charge in [-0.1, -0.05) is 30.3 Å². The molecule has 0 spiro atoms. The number of nitrogens with zero attached hydrogens (tertiary/aromatic N) is 4. The molecule has 1 aliphatic rings. The molecule has 7 heteroatoms. The summed E-state index contributed by atoms with van der Waals surface area (Å²) in [7, 11) is 1.80. The Morgan fingerprint density at radius 1 is 1.15 bits per heavy atom. The maximum Gasteiger partial charge on any atom is 0.259 e. The second-order valence-corrected chi connectivity index (χ2v) is 6.72. The standard InChI is InChI=1S/C20H22N6O/c1-26-20(23-18(25-26)15-7-9-21-10-8-15)24-19(27)17-11-16(12-22-13-17)14-5-3-2-4-6-14/h2-6,11-13,15,21H,7-10H2,1H3,(H,23,24,25,27). The average Bonchev–Trinajstić information content (AvgIpc) is 3.10. The van der Waals surface area contributed by atoms with Gasteiger partial charge in [0.15, 0.2) is 5.82 Å². The molecule has 3 aromatic rings. The number of amides is 1. The van der Waals surface area contributed by atoms with Gasteiger partial charge in [-0.25, -0.2) is 4.68 Å². The molecule has 7 nitrogen and oxygen atoms in total. The Bertz CT molecular complexity index is 931. The molecule has 1 amide bonds. The maximum absolute atomic E-state index is 12.7. The molecule has 0 saturated carbocycles. The van der Waals surface area contributed by atoms with Crippen molar-refractivity contribution in [2.24, 2.45) is 7.05 Å². The van der Waals surface area contributed by atoms with Gasteiger partial charge in [0, 0.05) is 30.9 Å². The highest BCUT2D eigenvalue weighted by molar-refractivity contribution is 6.03. The van der Waals surface area contributed by atoms with Crippen molar-refractivity contribution in [3.8, 4) is 11.1 Å². The van der Waals surface area contributed by atoms with Gasteiger partial charge in [0.2, 0.25) is 5.95 Å². The van der Waals surface area contributed by atoms with Crippen LogP contribution in [-0.2, 0) is 7.05 Å². The van der Waals surface area contributed by atoms with E-state index in [1.165, 1.54) is 0 Å². The number of pyridine rings is 1. The molecule has 0 unspecified atom stereocenters. The summed E-state index contributed by atoms with van der Waals surface area (Å²) in [4.78, 5) is 21.5. The number of rotatable bonds is 4. The van der Waals surface area contributed by atoms with E-state index in [-0.39, 0.29) is 5.91 Å². The van der Waals surface area contributed by atoms with E-state index in [4.69, 9.17) is 0 Å². The fraction of sp³-hybridized carbons (Fsp3) is 0.300. The number of carbonyl (C=O) groups excluding carboxylic acids is 1. The number of aromatic nitrogens is 4. The number of hydrogen-bond donors (Lipinski definition) is 2. The van der Waals surface area contributed by atoms with Crippen LogP contribution in [0.5, 0.6) is 0 Å². The Morgan fingerprint density at radius 3 is 2.70 bits per heavy atom. The first kappa shape index (κ1) is 17.4. The molecule has 0 atom stereocenters. The average molecular weight is 362 g/mol. The summed E-state index contributed by atoms with van der Waals surface area (Å²) < 4.78 is 1.63. The Kier molecular flexibility index (Phi) is 4.93. The highest BCUT2D eigenvalue weighted by atomic mass is 16.1. The molecule has 1 fully saturated rings. The van der Waals surface area contributed by atoms with E-state index in [9.17, 15) is 4.79 Å². The SMILES string of the molecule is Cn1nc(C2CCNCC2)nc1NC(=O)c1cncc(-c2ccccc2)c1. The van der Waals surface area contributed by atoms with Crippen molar-refractivity contribution in [3.63, 3.8) is 0 Å². The van der Waals surface area contributed by atoms with Crippen LogP contribution in [0, 0.1) is 0 Å². The second-order valence-electron chi connectivity index (χ2n) is 6.72. The minimum Gasteiger partial charge on any atom is -0.317 e. The van der Waals surface area contributed by atoms with Gasteiger partial charge in [0.25, 0.3) is 5.91 Å². The summed E-state index contributed by atoms with van der Waals surface area (Å²) in [6, 6.07) is 11.7.